The number of aromatic amines is 1. The van der Waals surface area contributed by atoms with Crippen LogP contribution in [0.2, 0.25) is 0 Å². The number of nitriles is 1. The number of halogens is 3. The molecule has 2 atom stereocenters. The average Bonchev–Trinajstić information content (AvgIpc) is 3.61. The molecule has 4 rings (SSSR count). The Morgan fingerprint density at radius 2 is 2.02 bits per heavy atom. The van der Waals surface area contributed by atoms with E-state index in [4.69, 9.17) is 10.5 Å². The van der Waals surface area contributed by atoms with E-state index in [0.29, 0.717) is 50.8 Å². The maximum atomic E-state index is 13.4. The minimum Gasteiger partial charge on any atom is -0.474 e. The number of hydrogen-bond donors (Lipinski definition) is 3. The Balaban J connectivity index is 1.40. The van der Waals surface area contributed by atoms with Crippen LogP contribution in [0.1, 0.15) is 49.8 Å². The van der Waals surface area contributed by atoms with E-state index in [1.165, 1.54) is 12.4 Å². The lowest BCUT2D eigenvalue weighted by Crippen LogP contribution is -2.23. The van der Waals surface area contributed by atoms with Gasteiger partial charge < -0.3 is 20.6 Å². The van der Waals surface area contributed by atoms with E-state index in [1.54, 1.807) is 6.20 Å². The molecule has 0 aliphatic carbocycles. The number of aliphatic hydroxyl groups excluding tert-OH is 1. The number of nitrogens with one attached hydrogen (secondary N) is 1. The molecule has 1 unspecified atom stereocenters. The lowest BCUT2D eigenvalue weighted by Gasteiger charge is -2.21. The molecule has 0 saturated heterocycles. The van der Waals surface area contributed by atoms with Crippen LogP contribution in [0.15, 0.2) is 43.1 Å². The second-order valence-electron chi connectivity index (χ2n) is 9.89. The van der Waals surface area contributed by atoms with Crippen molar-refractivity contribution < 1.29 is 23.0 Å². The van der Waals surface area contributed by atoms with Crippen LogP contribution in [0.4, 0.5) is 13.2 Å². The molecule has 0 aromatic carbocycles. The minimum atomic E-state index is -4.63. The van der Waals surface area contributed by atoms with E-state index in [-0.39, 0.29) is 24.8 Å². The van der Waals surface area contributed by atoms with Gasteiger partial charge in [-0.1, -0.05) is 0 Å². The van der Waals surface area contributed by atoms with Crippen molar-refractivity contribution in [1.29, 1.82) is 5.26 Å². The zero-order chi connectivity index (χ0) is 29.2. The molecular weight excluding hydrogens is 537 g/mol. The second kappa shape index (κ2) is 14.0. The predicted molar refractivity (Wildman–Crippen MR) is 145 cm³/mol. The van der Waals surface area contributed by atoms with Crippen LogP contribution in [0, 0.1) is 17.2 Å². The topological polar surface area (TPSA) is 152 Å². The average molecular weight is 571 g/mol. The van der Waals surface area contributed by atoms with Gasteiger partial charge in [-0.15, -0.1) is 0 Å². The Bertz CT molecular complexity index is 1450. The number of nitrogens with zero attached hydrogens (tertiary/aromatic N) is 6. The van der Waals surface area contributed by atoms with Gasteiger partial charge in [0, 0.05) is 49.0 Å². The highest BCUT2D eigenvalue weighted by Gasteiger charge is 2.33. The van der Waals surface area contributed by atoms with E-state index in [0.717, 1.165) is 34.8 Å². The molecule has 0 saturated carbocycles. The highest BCUT2D eigenvalue weighted by atomic mass is 19.4. The van der Waals surface area contributed by atoms with Crippen molar-refractivity contribution in [2.24, 2.45) is 11.7 Å². The van der Waals surface area contributed by atoms with Crippen LogP contribution in [-0.2, 0) is 19.1 Å². The summed E-state index contributed by atoms with van der Waals surface area (Å²) in [5, 5.41) is 23.8. The first-order valence-corrected chi connectivity index (χ1v) is 13.5. The fraction of sp³-hybridized carbons (Fsp3) is 0.464. The number of H-pyrrole nitrogens is 1. The quantitative estimate of drug-likeness (QED) is 0.187. The maximum Gasteiger partial charge on any atom is 0.433 e. The van der Waals surface area contributed by atoms with Crippen molar-refractivity contribution in [3.8, 4) is 23.2 Å². The maximum absolute atomic E-state index is 13.4. The van der Waals surface area contributed by atoms with Crippen LogP contribution < -0.4 is 10.5 Å². The standard InChI is InChI=1S/C28H33F3N8O2/c29-28(30,31)24-13-20(8-12-40)14-25(38-24)41-22(6-10-33)5-1-3-19(4-2-9-32)16-39-17-21(15-37-39)26-23-7-11-34-27(23)36-18-35-26/h7,11,13-15,17-19,22,40H,1-6,8,10,12,16,33H2,(H,34,35,36)/t19-,22?/m0/s1. The summed E-state index contributed by atoms with van der Waals surface area (Å²) in [6, 6.07) is 6.48. The number of rotatable bonds is 15. The summed E-state index contributed by atoms with van der Waals surface area (Å²) in [5.41, 5.74) is 7.39. The Morgan fingerprint density at radius 1 is 1.17 bits per heavy atom. The van der Waals surface area contributed by atoms with Crippen LogP contribution >= 0.6 is 0 Å². The van der Waals surface area contributed by atoms with Crippen molar-refractivity contribution in [1.82, 2.24) is 29.7 Å². The molecule has 0 radical (unpaired) electrons. The monoisotopic (exact) mass is 570 g/mol. The van der Waals surface area contributed by atoms with Crippen LogP contribution in [0.25, 0.3) is 22.3 Å². The summed E-state index contributed by atoms with van der Waals surface area (Å²) in [6.07, 6.45) is 5.58. The number of aliphatic hydroxyl groups is 1. The molecular formula is C28H33F3N8O2. The molecule has 0 spiro atoms. The third-order valence-electron chi connectivity index (χ3n) is 6.84. The van der Waals surface area contributed by atoms with Gasteiger partial charge in [-0.2, -0.15) is 23.5 Å². The summed E-state index contributed by atoms with van der Waals surface area (Å²) in [7, 11) is 0. The van der Waals surface area contributed by atoms with E-state index >= 15 is 0 Å². The molecule has 4 aromatic heterocycles. The van der Waals surface area contributed by atoms with Crippen molar-refractivity contribution in [2.45, 2.75) is 63.8 Å². The molecule has 4 aromatic rings. The molecule has 41 heavy (non-hydrogen) atoms. The SMILES string of the molecule is N#CCC[C@H](CCCC(CCN)Oc1cc(CCO)cc(C(F)(F)F)n1)Cn1cc(-c2ncnc3[nH]ccc23)cn1. The number of alkyl halides is 3. The fourth-order valence-corrected chi connectivity index (χ4v) is 4.84. The molecule has 218 valence electrons. The Hall–Kier alpha value is -4.02. The molecule has 0 aliphatic heterocycles. The summed E-state index contributed by atoms with van der Waals surface area (Å²) in [5.74, 6) is 0.0227. The first kappa shape index (κ1) is 30.0. The minimum absolute atomic E-state index is 0.0620. The number of fused-ring (bicyclic) bond motifs is 1. The highest BCUT2D eigenvalue weighted by Crippen LogP contribution is 2.31. The van der Waals surface area contributed by atoms with Crippen molar-refractivity contribution in [2.75, 3.05) is 13.2 Å². The van der Waals surface area contributed by atoms with Gasteiger partial charge >= 0.3 is 6.18 Å². The molecule has 4 N–H and O–H groups in total. The normalized spacial score (nSPS) is 13.3. The van der Waals surface area contributed by atoms with Gasteiger partial charge in [0.1, 0.15) is 23.8 Å². The van der Waals surface area contributed by atoms with E-state index in [2.05, 4.69) is 31.1 Å². The zero-order valence-corrected chi connectivity index (χ0v) is 22.5. The van der Waals surface area contributed by atoms with E-state index in [1.807, 2.05) is 23.1 Å². The largest absolute Gasteiger partial charge is 0.474 e. The summed E-state index contributed by atoms with van der Waals surface area (Å²) in [4.78, 5) is 15.4. The Labute approximate surface area is 235 Å². The predicted octanol–water partition coefficient (Wildman–Crippen LogP) is 4.66. The third kappa shape index (κ3) is 8.25. The van der Waals surface area contributed by atoms with Crippen molar-refractivity contribution in [3.63, 3.8) is 0 Å². The first-order chi connectivity index (χ1) is 19.8. The van der Waals surface area contributed by atoms with Gasteiger partial charge in [-0.25, -0.2) is 15.0 Å². The van der Waals surface area contributed by atoms with E-state index < -0.39 is 18.0 Å². The first-order valence-electron chi connectivity index (χ1n) is 13.5. The van der Waals surface area contributed by atoms with Gasteiger partial charge in [-0.3, -0.25) is 4.68 Å². The molecule has 13 heteroatoms. The number of hydrogen-bond acceptors (Lipinski definition) is 8. The van der Waals surface area contributed by atoms with E-state index in [9.17, 15) is 23.5 Å². The lowest BCUT2D eigenvalue weighted by atomic mass is 9.95. The molecule has 0 aliphatic rings. The van der Waals surface area contributed by atoms with Crippen LogP contribution in [0.5, 0.6) is 5.88 Å². The summed E-state index contributed by atoms with van der Waals surface area (Å²) >= 11 is 0. The number of ether oxygens (including phenoxy) is 1. The number of nitrogens with two attached hydrogens (primary N) is 1. The third-order valence-corrected chi connectivity index (χ3v) is 6.84. The fourth-order valence-electron chi connectivity index (χ4n) is 4.84. The zero-order valence-electron chi connectivity index (χ0n) is 22.5. The Kier molecular flexibility index (Phi) is 10.3. The lowest BCUT2D eigenvalue weighted by molar-refractivity contribution is -0.141. The Morgan fingerprint density at radius 3 is 2.78 bits per heavy atom. The molecule has 0 bridgehead atoms. The van der Waals surface area contributed by atoms with Gasteiger partial charge in [-0.05, 0) is 68.7 Å². The van der Waals surface area contributed by atoms with Crippen LogP contribution in [-0.4, -0.2) is 54.1 Å². The molecule has 0 amide bonds. The van der Waals surface area contributed by atoms with Gasteiger partial charge in [0.05, 0.1) is 18.0 Å². The van der Waals surface area contributed by atoms with Crippen molar-refractivity contribution >= 4 is 11.0 Å². The molecule has 0 fully saturated rings. The smallest absolute Gasteiger partial charge is 0.433 e. The number of pyridine rings is 1. The number of aromatic nitrogens is 6. The summed E-state index contributed by atoms with van der Waals surface area (Å²) in [6.45, 7) is 0.619. The van der Waals surface area contributed by atoms with Gasteiger partial charge in [0.25, 0.3) is 0 Å². The van der Waals surface area contributed by atoms with Gasteiger partial charge in [0.2, 0.25) is 5.88 Å². The van der Waals surface area contributed by atoms with Gasteiger partial charge in [0.15, 0.2) is 0 Å². The second-order valence-corrected chi connectivity index (χ2v) is 9.89. The molecule has 10 nitrogen and oxygen atoms in total. The van der Waals surface area contributed by atoms with Crippen LogP contribution in [0.3, 0.4) is 0 Å². The summed E-state index contributed by atoms with van der Waals surface area (Å²) < 4.78 is 47.8. The highest BCUT2D eigenvalue weighted by molar-refractivity contribution is 5.89. The molecule has 4 heterocycles. The van der Waals surface area contributed by atoms with Crippen molar-refractivity contribution in [3.05, 3.63) is 54.4 Å².